The van der Waals surface area contributed by atoms with Crippen molar-refractivity contribution >= 4 is 34.1 Å². The van der Waals surface area contributed by atoms with Crippen LogP contribution >= 0.6 is 23.2 Å². The van der Waals surface area contributed by atoms with Gasteiger partial charge in [-0.3, -0.25) is 9.59 Å². The van der Waals surface area contributed by atoms with Crippen LogP contribution in [0, 0.1) is 0 Å². The molecule has 1 heterocycles. The van der Waals surface area contributed by atoms with Gasteiger partial charge in [-0.25, -0.2) is 0 Å². The van der Waals surface area contributed by atoms with Crippen molar-refractivity contribution in [3.63, 3.8) is 0 Å². The lowest BCUT2D eigenvalue weighted by Gasteiger charge is -2.00. The fourth-order valence-corrected chi connectivity index (χ4v) is 1.82. The van der Waals surface area contributed by atoms with Crippen molar-refractivity contribution in [1.29, 1.82) is 0 Å². The number of benzene rings is 1. The lowest BCUT2D eigenvalue weighted by atomic mass is 10.2. The maximum absolute atomic E-state index is 11.3. The Morgan fingerprint density at radius 2 is 1.75 bits per heavy atom. The molecule has 82 valence electrons. The molecular weight excluding hydrogens is 253 g/mol. The van der Waals surface area contributed by atoms with E-state index in [9.17, 15) is 14.7 Å². The van der Waals surface area contributed by atoms with Crippen LogP contribution in [0.1, 0.15) is 0 Å². The molecule has 0 unspecified atom stereocenters. The number of halogens is 2. The van der Waals surface area contributed by atoms with Crippen molar-refractivity contribution in [2.45, 2.75) is 0 Å². The van der Waals surface area contributed by atoms with Gasteiger partial charge in [0.25, 0.3) is 5.56 Å². The smallest absolute Gasteiger partial charge is 0.296 e. The molecule has 0 aliphatic rings. The fourth-order valence-electron chi connectivity index (χ4n) is 1.36. The Kier molecular flexibility index (Phi) is 2.61. The van der Waals surface area contributed by atoms with Crippen molar-refractivity contribution < 1.29 is 5.11 Å². The maximum Gasteiger partial charge on any atom is 0.296 e. The van der Waals surface area contributed by atoms with Gasteiger partial charge in [0, 0.05) is 6.07 Å². The van der Waals surface area contributed by atoms with E-state index < -0.39 is 11.0 Å². The molecule has 0 fully saturated rings. The van der Waals surface area contributed by atoms with Gasteiger partial charge in [0.1, 0.15) is 5.75 Å². The summed E-state index contributed by atoms with van der Waals surface area (Å²) in [5.41, 5.74) is -1.59. The maximum atomic E-state index is 11.3. The number of fused-ring (bicyclic) bond motifs is 1. The molecule has 1 aromatic heterocycles. The van der Waals surface area contributed by atoms with E-state index in [1.165, 1.54) is 12.1 Å². The lowest BCUT2D eigenvalue weighted by molar-refractivity contribution is 0.481. The van der Waals surface area contributed by atoms with Gasteiger partial charge in [0.2, 0.25) is 5.43 Å². The standard InChI is InChI=1S/C10H5Cl2NO3/c11-4-1-2-5(12)9-8(4)6(14)3-7(15)10(16)13-9/h1-3,14H,(H,13,15,16). The third-order valence-corrected chi connectivity index (χ3v) is 2.72. The first-order chi connectivity index (χ1) is 7.50. The zero-order valence-corrected chi connectivity index (χ0v) is 9.26. The van der Waals surface area contributed by atoms with E-state index in [1.807, 2.05) is 0 Å². The number of nitrogens with one attached hydrogen (secondary N) is 1. The topological polar surface area (TPSA) is 70.2 Å². The highest BCUT2D eigenvalue weighted by molar-refractivity contribution is 6.40. The van der Waals surface area contributed by atoms with E-state index in [0.717, 1.165) is 6.07 Å². The largest absolute Gasteiger partial charge is 0.507 e. The Bertz CT molecular complexity index is 694. The molecule has 0 saturated heterocycles. The molecule has 16 heavy (non-hydrogen) atoms. The van der Waals surface area contributed by atoms with Crippen LogP contribution in [-0.2, 0) is 0 Å². The predicted octanol–water partition coefficient (Wildman–Crippen LogP) is 1.90. The average molecular weight is 258 g/mol. The highest BCUT2D eigenvalue weighted by Crippen LogP contribution is 2.32. The Labute approximate surface area is 99.1 Å². The monoisotopic (exact) mass is 257 g/mol. The molecule has 4 nitrogen and oxygen atoms in total. The minimum atomic E-state index is -0.866. The summed E-state index contributed by atoms with van der Waals surface area (Å²) in [6, 6.07) is 3.74. The summed E-state index contributed by atoms with van der Waals surface area (Å²) in [5.74, 6) is -0.383. The second kappa shape index (κ2) is 3.81. The van der Waals surface area contributed by atoms with Crippen molar-refractivity contribution in [3.8, 4) is 5.75 Å². The molecule has 2 aromatic rings. The van der Waals surface area contributed by atoms with E-state index in [-0.39, 0.29) is 26.7 Å². The molecule has 0 aliphatic heterocycles. The summed E-state index contributed by atoms with van der Waals surface area (Å²) in [6.45, 7) is 0. The van der Waals surface area contributed by atoms with Crippen LogP contribution < -0.4 is 11.0 Å². The van der Waals surface area contributed by atoms with Gasteiger partial charge in [-0.15, -0.1) is 0 Å². The summed E-state index contributed by atoms with van der Waals surface area (Å²) in [7, 11) is 0. The van der Waals surface area contributed by atoms with Crippen molar-refractivity contribution in [3.05, 3.63) is 48.8 Å². The zero-order valence-electron chi connectivity index (χ0n) is 7.75. The van der Waals surface area contributed by atoms with Crippen molar-refractivity contribution in [2.75, 3.05) is 0 Å². The molecular formula is C10H5Cl2NO3. The van der Waals surface area contributed by atoms with Crippen LogP contribution in [0.4, 0.5) is 0 Å². The van der Waals surface area contributed by atoms with Crippen LogP contribution in [-0.4, -0.2) is 10.1 Å². The normalized spacial score (nSPS) is 10.6. The SMILES string of the molecule is O=c1cc(O)c2c(Cl)ccc(Cl)c2[nH]c1=O. The third kappa shape index (κ3) is 1.66. The number of aromatic nitrogens is 1. The Balaban J connectivity index is 3.22. The second-order valence-electron chi connectivity index (χ2n) is 3.13. The average Bonchev–Trinajstić information content (AvgIpc) is 2.33. The predicted molar refractivity (Wildman–Crippen MR) is 62.5 cm³/mol. The molecule has 0 saturated carbocycles. The second-order valence-corrected chi connectivity index (χ2v) is 3.94. The lowest BCUT2D eigenvalue weighted by Crippen LogP contribution is -2.22. The molecule has 6 heteroatoms. The number of hydrogen-bond acceptors (Lipinski definition) is 3. The van der Waals surface area contributed by atoms with E-state index in [4.69, 9.17) is 23.2 Å². The number of aromatic hydroxyl groups is 1. The first-order valence-electron chi connectivity index (χ1n) is 4.25. The minimum Gasteiger partial charge on any atom is -0.507 e. The van der Waals surface area contributed by atoms with Gasteiger partial charge in [-0.1, -0.05) is 23.2 Å². The Hall–Kier alpha value is -1.52. The molecule has 0 spiro atoms. The minimum absolute atomic E-state index is 0.138. The molecule has 2 N–H and O–H groups in total. The summed E-state index contributed by atoms with van der Waals surface area (Å²) in [6.07, 6.45) is 0. The highest BCUT2D eigenvalue weighted by Gasteiger charge is 2.09. The summed E-state index contributed by atoms with van der Waals surface area (Å²) < 4.78 is 0. The molecule has 0 aliphatic carbocycles. The van der Waals surface area contributed by atoms with Gasteiger partial charge < -0.3 is 10.1 Å². The van der Waals surface area contributed by atoms with Crippen LogP contribution in [0.3, 0.4) is 0 Å². The van der Waals surface area contributed by atoms with Crippen LogP contribution in [0.2, 0.25) is 10.0 Å². The zero-order chi connectivity index (χ0) is 11.9. The number of rotatable bonds is 0. The van der Waals surface area contributed by atoms with Gasteiger partial charge in [-0.05, 0) is 12.1 Å². The van der Waals surface area contributed by atoms with Crippen LogP contribution in [0.15, 0.2) is 27.8 Å². The van der Waals surface area contributed by atoms with Gasteiger partial charge in [0.05, 0.1) is 20.9 Å². The molecule has 2 rings (SSSR count). The summed E-state index contributed by atoms with van der Waals surface area (Å²) >= 11 is 11.7. The Morgan fingerprint density at radius 1 is 1.12 bits per heavy atom. The number of H-pyrrole nitrogens is 1. The molecule has 0 radical (unpaired) electrons. The molecule has 0 atom stereocenters. The first-order valence-corrected chi connectivity index (χ1v) is 5.00. The third-order valence-electron chi connectivity index (χ3n) is 2.09. The van der Waals surface area contributed by atoms with Crippen molar-refractivity contribution in [2.24, 2.45) is 0 Å². The molecule has 0 amide bonds. The van der Waals surface area contributed by atoms with E-state index in [2.05, 4.69) is 4.98 Å². The quantitative estimate of drug-likeness (QED) is 0.709. The van der Waals surface area contributed by atoms with Crippen LogP contribution in [0.25, 0.3) is 10.9 Å². The van der Waals surface area contributed by atoms with Gasteiger partial charge in [-0.2, -0.15) is 0 Å². The first kappa shape index (κ1) is 11.0. The summed E-state index contributed by atoms with van der Waals surface area (Å²) in [4.78, 5) is 24.7. The number of hydrogen-bond donors (Lipinski definition) is 2. The van der Waals surface area contributed by atoms with Crippen LogP contribution in [0.5, 0.6) is 5.75 Å². The van der Waals surface area contributed by atoms with E-state index >= 15 is 0 Å². The summed E-state index contributed by atoms with van der Waals surface area (Å²) in [5, 5.41) is 10.2. The molecule has 1 aromatic carbocycles. The van der Waals surface area contributed by atoms with Gasteiger partial charge in [0.15, 0.2) is 0 Å². The highest BCUT2D eigenvalue weighted by atomic mass is 35.5. The van der Waals surface area contributed by atoms with Gasteiger partial charge >= 0.3 is 0 Å². The Morgan fingerprint density at radius 3 is 2.44 bits per heavy atom. The fraction of sp³-hybridized carbons (Fsp3) is 0. The van der Waals surface area contributed by atoms with E-state index in [0.29, 0.717) is 0 Å². The van der Waals surface area contributed by atoms with Crippen molar-refractivity contribution in [1.82, 2.24) is 4.98 Å². The van der Waals surface area contributed by atoms with E-state index in [1.54, 1.807) is 0 Å². The number of aromatic amines is 1. The molecule has 0 bridgehead atoms.